The van der Waals surface area contributed by atoms with Crippen LogP contribution in [0.3, 0.4) is 0 Å². The normalized spacial score (nSPS) is 12.2. The predicted octanol–water partition coefficient (Wildman–Crippen LogP) is 4.22. The van der Waals surface area contributed by atoms with E-state index in [1.165, 1.54) is 24.3 Å². The molecule has 106 valence electrons. The quantitative estimate of drug-likeness (QED) is 0.917. The van der Waals surface area contributed by atoms with Gasteiger partial charge < -0.3 is 10.5 Å². The third kappa shape index (κ3) is 3.26. The van der Waals surface area contributed by atoms with Crippen molar-refractivity contribution in [1.82, 2.24) is 0 Å². The van der Waals surface area contributed by atoms with Crippen LogP contribution in [0.4, 0.5) is 8.78 Å². The van der Waals surface area contributed by atoms with Gasteiger partial charge in [0.2, 0.25) is 0 Å². The summed E-state index contributed by atoms with van der Waals surface area (Å²) in [5, 5.41) is -0.0138. The van der Waals surface area contributed by atoms with Crippen LogP contribution in [0.25, 0.3) is 0 Å². The molecule has 0 aliphatic heterocycles. The zero-order valence-electron chi connectivity index (χ0n) is 10.9. The Bertz CT molecular complexity index is 617. The minimum absolute atomic E-state index is 0.00889. The van der Waals surface area contributed by atoms with Crippen LogP contribution >= 0.6 is 11.6 Å². The summed E-state index contributed by atoms with van der Waals surface area (Å²) in [6, 6.07) is 8.67. The first-order chi connectivity index (χ1) is 9.49. The average molecular weight is 298 g/mol. The Kier molecular flexibility index (Phi) is 4.57. The number of hydrogen-bond acceptors (Lipinski definition) is 2. The lowest BCUT2D eigenvalue weighted by atomic mass is 10.1. The highest BCUT2D eigenvalue weighted by Crippen LogP contribution is 2.24. The van der Waals surface area contributed by atoms with Crippen molar-refractivity contribution in [1.29, 1.82) is 0 Å². The molecule has 0 fully saturated rings. The number of hydrogen-bond donors (Lipinski definition) is 1. The van der Waals surface area contributed by atoms with E-state index in [9.17, 15) is 8.78 Å². The standard InChI is InChI=1S/C15H14ClF2NO/c1-9(19)10-5-6-14(13(18)7-10)20-8-11-3-2-4-12(17)15(11)16/h2-7,9H,8,19H2,1H3/t9-/m0/s1. The minimum atomic E-state index is -0.527. The fourth-order valence-electron chi connectivity index (χ4n) is 1.73. The third-order valence-corrected chi connectivity index (χ3v) is 3.32. The van der Waals surface area contributed by atoms with E-state index in [4.69, 9.17) is 22.1 Å². The Balaban J connectivity index is 2.13. The summed E-state index contributed by atoms with van der Waals surface area (Å²) in [6.07, 6.45) is 0. The molecule has 0 unspecified atom stereocenters. The predicted molar refractivity (Wildman–Crippen MR) is 74.7 cm³/mol. The van der Waals surface area contributed by atoms with Gasteiger partial charge in [-0.15, -0.1) is 0 Å². The third-order valence-electron chi connectivity index (χ3n) is 2.90. The van der Waals surface area contributed by atoms with Gasteiger partial charge in [0.05, 0.1) is 5.02 Å². The molecule has 0 heterocycles. The Morgan fingerprint density at radius 1 is 1.20 bits per heavy atom. The Morgan fingerprint density at radius 3 is 2.60 bits per heavy atom. The molecule has 0 radical (unpaired) electrons. The molecule has 1 atom stereocenters. The summed E-state index contributed by atoms with van der Waals surface area (Å²) in [6.45, 7) is 1.76. The van der Waals surface area contributed by atoms with Gasteiger partial charge >= 0.3 is 0 Å². The van der Waals surface area contributed by atoms with Gasteiger partial charge in [0.15, 0.2) is 11.6 Å². The van der Waals surface area contributed by atoms with Gasteiger partial charge in [0, 0.05) is 11.6 Å². The van der Waals surface area contributed by atoms with Crippen LogP contribution in [0.15, 0.2) is 36.4 Å². The highest BCUT2D eigenvalue weighted by molar-refractivity contribution is 6.31. The lowest BCUT2D eigenvalue weighted by Crippen LogP contribution is -2.06. The maximum atomic E-state index is 13.8. The number of halogens is 3. The second kappa shape index (κ2) is 6.20. The molecule has 2 aromatic carbocycles. The van der Waals surface area contributed by atoms with Gasteiger partial charge in [-0.05, 0) is 30.7 Å². The Labute approximate surface area is 121 Å². The maximum absolute atomic E-state index is 13.8. The van der Waals surface area contributed by atoms with Crippen molar-refractivity contribution in [2.24, 2.45) is 5.73 Å². The van der Waals surface area contributed by atoms with Crippen LogP contribution in [0, 0.1) is 11.6 Å². The molecule has 2 N–H and O–H groups in total. The summed E-state index contributed by atoms with van der Waals surface area (Å²) in [5.41, 5.74) is 6.81. The number of benzene rings is 2. The molecule has 0 spiro atoms. The fourth-order valence-corrected chi connectivity index (χ4v) is 1.91. The van der Waals surface area contributed by atoms with Crippen LogP contribution in [-0.2, 0) is 6.61 Å². The van der Waals surface area contributed by atoms with E-state index in [1.807, 2.05) is 0 Å². The largest absolute Gasteiger partial charge is 0.486 e. The van der Waals surface area contributed by atoms with E-state index in [0.717, 1.165) is 0 Å². The molecule has 20 heavy (non-hydrogen) atoms. The van der Waals surface area contributed by atoms with Crippen LogP contribution < -0.4 is 10.5 Å². The van der Waals surface area contributed by atoms with Crippen molar-refractivity contribution in [2.45, 2.75) is 19.6 Å². The fraction of sp³-hybridized carbons (Fsp3) is 0.200. The van der Waals surface area contributed by atoms with Crippen molar-refractivity contribution < 1.29 is 13.5 Å². The van der Waals surface area contributed by atoms with Gasteiger partial charge in [-0.25, -0.2) is 8.78 Å². The first-order valence-corrected chi connectivity index (χ1v) is 6.47. The van der Waals surface area contributed by atoms with Crippen LogP contribution in [0.1, 0.15) is 24.1 Å². The van der Waals surface area contributed by atoms with Crippen molar-refractivity contribution in [2.75, 3.05) is 0 Å². The van der Waals surface area contributed by atoms with Crippen LogP contribution in [0.2, 0.25) is 5.02 Å². The molecule has 0 saturated heterocycles. The summed E-state index contributed by atoms with van der Waals surface area (Å²) in [5.74, 6) is -0.956. The molecule has 2 nitrogen and oxygen atoms in total. The van der Waals surface area contributed by atoms with Crippen LogP contribution in [-0.4, -0.2) is 0 Å². The average Bonchev–Trinajstić information content (AvgIpc) is 2.41. The summed E-state index contributed by atoms with van der Waals surface area (Å²) in [4.78, 5) is 0. The van der Waals surface area contributed by atoms with Crippen LogP contribution in [0.5, 0.6) is 5.75 Å². The number of rotatable bonds is 4. The molecule has 5 heteroatoms. The molecule has 0 aromatic heterocycles. The first kappa shape index (κ1) is 14.8. The van der Waals surface area contributed by atoms with E-state index in [-0.39, 0.29) is 23.4 Å². The lowest BCUT2D eigenvalue weighted by molar-refractivity contribution is 0.289. The summed E-state index contributed by atoms with van der Waals surface area (Å²) < 4.78 is 32.4. The minimum Gasteiger partial charge on any atom is -0.486 e. The summed E-state index contributed by atoms with van der Waals surface area (Å²) >= 11 is 5.80. The molecule has 0 amide bonds. The van der Waals surface area contributed by atoms with Crippen molar-refractivity contribution in [3.05, 3.63) is 64.2 Å². The van der Waals surface area contributed by atoms with E-state index < -0.39 is 11.6 Å². The molecule has 0 aliphatic rings. The van der Waals surface area contributed by atoms with Gasteiger partial charge in [-0.3, -0.25) is 0 Å². The summed E-state index contributed by atoms with van der Waals surface area (Å²) in [7, 11) is 0. The van der Waals surface area contributed by atoms with Gasteiger partial charge in [0.1, 0.15) is 12.4 Å². The highest BCUT2D eigenvalue weighted by atomic mass is 35.5. The molecule has 0 aliphatic carbocycles. The highest BCUT2D eigenvalue weighted by Gasteiger charge is 2.10. The van der Waals surface area contributed by atoms with E-state index in [2.05, 4.69) is 0 Å². The molecule has 0 saturated carbocycles. The lowest BCUT2D eigenvalue weighted by Gasteiger charge is -2.11. The molecule has 2 aromatic rings. The zero-order chi connectivity index (χ0) is 14.7. The first-order valence-electron chi connectivity index (χ1n) is 6.09. The molecular weight excluding hydrogens is 284 g/mol. The van der Waals surface area contributed by atoms with Crippen molar-refractivity contribution in [3.63, 3.8) is 0 Å². The Hall–Kier alpha value is -1.65. The van der Waals surface area contributed by atoms with E-state index in [0.29, 0.717) is 11.1 Å². The number of nitrogens with two attached hydrogens (primary N) is 1. The zero-order valence-corrected chi connectivity index (χ0v) is 11.6. The topological polar surface area (TPSA) is 35.2 Å². The second-order valence-corrected chi connectivity index (χ2v) is 4.86. The SMILES string of the molecule is C[C@H](N)c1ccc(OCc2cccc(F)c2Cl)c(F)c1. The molecular formula is C15H14ClF2NO. The monoisotopic (exact) mass is 297 g/mol. The van der Waals surface area contributed by atoms with E-state index >= 15 is 0 Å². The maximum Gasteiger partial charge on any atom is 0.165 e. The second-order valence-electron chi connectivity index (χ2n) is 4.48. The Morgan fingerprint density at radius 2 is 1.95 bits per heavy atom. The molecule has 2 rings (SSSR count). The van der Waals surface area contributed by atoms with Gasteiger partial charge in [0.25, 0.3) is 0 Å². The van der Waals surface area contributed by atoms with Crippen molar-refractivity contribution >= 4 is 11.6 Å². The van der Waals surface area contributed by atoms with Crippen molar-refractivity contribution in [3.8, 4) is 5.75 Å². The van der Waals surface area contributed by atoms with Gasteiger partial charge in [-0.2, -0.15) is 0 Å². The van der Waals surface area contributed by atoms with E-state index in [1.54, 1.807) is 19.1 Å². The number of ether oxygens (including phenoxy) is 1. The van der Waals surface area contributed by atoms with Gasteiger partial charge in [-0.1, -0.05) is 29.8 Å². The molecule has 0 bridgehead atoms. The smallest absolute Gasteiger partial charge is 0.165 e.